The van der Waals surface area contributed by atoms with Crippen LogP contribution in [0.5, 0.6) is 0 Å². The predicted molar refractivity (Wildman–Crippen MR) is 49.1 cm³/mol. The zero-order chi connectivity index (χ0) is 4.50. The normalized spacial score (nSPS) is 3.41. The van der Waals surface area contributed by atoms with E-state index in [0.29, 0.717) is 0 Å². The number of rotatable bonds is 0. The van der Waals surface area contributed by atoms with Crippen LogP contribution in [0.2, 0.25) is 0 Å². The first-order valence-electron chi connectivity index (χ1n) is 0.667. The standard InChI is InChI=1S/2Al.4Ca.H2O4S.6O/c;;;;;;1-5(2,3)4;;;;;;/h;;;;;;(H2,1,2,3,4);;;;;;/q2*+3;4*+2;;6*-2/p-2. The van der Waals surface area contributed by atoms with E-state index < -0.39 is 10.4 Å². The SMILES string of the molecule is O=S(=O)([O-])[O-].[Al+3].[Al+3].[Ca+2].[Ca+2].[Ca+2].[Ca+2].[O-2].[O-2].[O-2].[O-2].[O-2].[O-2]. The summed E-state index contributed by atoms with van der Waals surface area (Å²) >= 11 is 0. The molecule has 0 heterocycles. The summed E-state index contributed by atoms with van der Waals surface area (Å²) in [6.45, 7) is 0. The van der Waals surface area contributed by atoms with E-state index in [2.05, 4.69) is 0 Å². The molecular formula is Al2Ca4O10S. The average Bonchev–Trinajstić information content (AvgIpc) is 0.722. The molecule has 0 atom stereocenters. The Balaban J connectivity index is -0.00000000121. The molecule has 10 nitrogen and oxygen atoms in total. The van der Waals surface area contributed by atoms with Gasteiger partial charge in [0.15, 0.2) is 0 Å². The summed E-state index contributed by atoms with van der Waals surface area (Å²) < 4.78 is 34.1. The molecule has 0 aliphatic carbocycles. The van der Waals surface area contributed by atoms with Crippen molar-refractivity contribution in [3.05, 3.63) is 0 Å². The van der Waals surface area contributed by atoms with Crippen LogP contribution < -0.4 is 0 Å². The molecule has 0 radical (unpaired) electrons. The Hall–Kier alpha value is 5.73. The van der Waals surface area contributed by atoms with E-state index in [9.17, 15) is 0 Å². The van der Waals surface area contributed by atoms with Crippen molar-refractivity contribution in [3.8, 4) is 0 Å². The summed E-state index contributed by atoms with van der Waals surface area (Å²) in [5.74, 6) is 0. The average molecular weight is 406 g/mol. The second-order valence-corrected chi connectivity index (χ2v) is 1.22. The number of hydrogen-bond acceptors (Lipinski definition) is 4. The topological polar surface area (TPSA) is 251 Å². The van der Waals surface area contributed by atoms with Gasteiger partial charge in [0.1, 0.15) is 0 Å². The molecule has 0 rings (SSSR count). The summed E-state index contributed by atoms with van der Waals surface area (Å²) in [5.41, 5.74) is 0. The van der Waals surface area contributed by atoms with Crippen LogP contribution in [0.15, 0.2) is 0 Å². The van der Waals surface area contributed by atoms with Crippen LogP contribution in [0.3, 0.4) is 0 Å². The van der Waals surface area contributed by atoms with E-state index >= 15 is 0 Å². The Bertz CT molecular complexity index is 109. The summed E-state index contributed by atoms with van der Waals surface area (Å²) in [4.78, 5) is 0. The van der Waals surface area contributed by atoms with Crippen LogP contribution in [0, 0.1) is 0 Å². The van der Waals surface area contributed by atoms with Gasteiger partial charge in [0, 0.05) is 10.4 Å². The van der Waals surface area contributed by atoms with Crippen molar-refractivity contribution >= 4 is 196 Å². The molecule has 0 aromatic rings. The van der Waals surface area contributed by atoms with Crippen molar-refractivity contribution in [3.63, 3.8) is 0 Å². The van der Waals surface area contributed by atoms with Gasteiger partial charge in [-0.3, -0.25) is 8.42 Å². The van der Waals surface area contributed by atoms with Gasteiger partial charge in [-0.2, -0.15) is 0 Å². The third-order valence-electron chi connectivity index (χ3n) is 0. The first-order chi connectivity index (χ1) is 2.00. The maximum atomic E-state index is 8.52. The van der Waals surface area contributed by atoms with Crippen LogP contribution in [0.25, 0.3) is 0 Å². The van der Waals surface area contributed by atoms with Crippen molar-refractivity contribution < 1.29 is 50.4 Å². The van der Waals surface area contributed by atoms with E-state index in [1.165, 1.54) is 0 Å². The number of hydrogen-bond donors (Lipinski definition) is 0. The Morgan fingerprint density at radius 3 is 0.529 bits per heavy atom. The maximum absolute atomic E-state index is 8.52. The summed E-state index contributed by atoms with van der Waals surface area (Å²) in [6.07, 6.45) is 0. The Kier molecular flexibility index (Phi) is 452. The molecular weight excluding hydrogens is 406 g/mol. The fourth-order valence-corrected chi connectivity index (χ4v) is 0. The Morgan fingerprint density at radius 2 is 0.529 bits per heavy atom. The van der Waals surface area contributed by atoms with E-state index in [1.54, 1.807) is 0 Å². The molecule has 0 aliphatic heterocycles. The van der Waals surface area contributed by atoms with Crippen molar-refractivity contribution in [2.24, 2.45) is 0 Å². The molecule has 0 bridgehead atoms. The molecule has 0 amide bonds. The van der Waals surface area contributed by atoms with Gasteiger partial charge in [-0.1, -0.05) is 0 Å². The van der Waals surface area contributed by atoms with Gasteiger partial charge in [-0.25, -0.2) is 0 Å². The van der Waals surface area contributed by atoms with Gasteiger partial charge in [-0.05, 0) is 0 Å². The first kappa shape index (κ1) is 113. The monoisotopic (exact) mass is 406 g/mol. The fourth-order valence-electron chi connectivity index (χ4n) is 0. The van der Waals surface area contributed by atoms with Crippen molar-refractivity contribution in [1.82, 2.24) is 0 Å². The molecule has 0 saturated heterocycles. The molecule has 0 unspecified atom stereocenters. The summed E-state index contributed by atoms with van der Waals surface area (Å²) in [7, 11) is -5.17. The zero-order valence-electron chi connectivity index (χ0n) is 8.47. The van der Waals surface area contributed by atoms with E-state index in [0.717, 1.165) is 0 Å². The van der Waals surface area contributed by atoms with Gasteiger partial charge in [-0.15, -0.1) is 0 Å². The van der Waals surface area contributed by atoms with Crippen LogP contribution >= 0.6 is 0 Å². The molecule has 0 aromatic carbocycles. The van der Waals surface area contributed by atoms with Gasteiger partial charge >= 0.3 is 186 Å². The van der Waals surface area contributed by atoms with Crippen molar-refractivity contribution in [2.45, 2.75) is 0 Å². The molecule has 0 aromatic heterocycles. The van der Waals surface area contributed by atoms with Gasteiger partial charge < -0.3 is 42.0 Å². The molecule has 0 aliphatic rings. The van der Waals surface area contributed by atoms with Crippen molar-refractivity contribution in [1.29, 1.82) is 0 Å². The second kappa shape index (κ2) is 67.9. The minimum atomic E-state index is -5.17. The third-order valence-corrected chi connectivity index (χ3v) is 0. The van der Waals surface area contributed by atoms with E-state index in [-0.39, 0.29) is 219 Å². The molecule has 0 N–H and O–H groups in total. The summed E-state index contributed by atoms with van der Waals surface area (Å²) in [6, 6.07) is 0. The first-order valence-corrected chi connectivity index (χ1v) is 2.00. The zero-order valence-corrected chi connectivity index (χ0v) is 20.4. The predicted octanol–water partition coefficient (Wildman–Crippen LogP) is -4.34. The fraction of sp³-hybridized carbons (Fsp3) is 0. The Labute approximate surface area is 240 Å². The van der Waals surface area contributed by atoms with Crippen molar-refractivity contribution in [2.75, 3.05) is 0 Å². The molecule has 80 valence electrons. The van der Waals surface area contributed by atoms with Crippen LogP contribution in [0.1, 0.15) is 0 Å². The largest absolute Gasteiger partial charge is 3.00 e. The molecule has 17 heavy (non-hydrogen) atoms. The van der Waals surface area contributed by atoms with E-state index in [4.69, 9.17) is 17.5 Å². The minimum absolute atomic E-state index is 0. The van der Waals surface area contributed by atoms with Crippen LogP contribution in [0.4, 0.5) is 0 Å². The smallest absolute Gasteiger partial charge is 2.00 e. The quantitative estimate of drug-likeness (QED) is 0.219. The maximum Gasteiger partial charge on any atom is 3.00 e. The van der Waals surface area contributed by atoms with Crippen LogP contribution in [-0.4, -0.2) is 203 Å². The van der Waals surface area contributed by atoms with Gasteiger partial charge in [0.2, 0.25) is 0 Å². The minimum Gasteiger partial charge on any atom is -2.00 e. The van der Waals surface area contributed by atoms with Gasteiger partial charge in [0.05, 0.1) is 0 Å². The molecule has 0 saturated carbocycles. The summed E-state index contributed by atoms with van der Waals surface area (Å²) in [5, 5.41) is 0. The Morgan fingerprint density at radius 1 is 0.529 bits per heavy atom. The third kappa shape index (κ3) is 257. The molecule has 0 fully saturated rings. The molecule has 0 spiro atoms. The molecule has 17 heteroatoms. The van der Waals surface area contributed by atoms with Gasteiger partial charge in [0.25, 0.3) is 0 Å². The van der Waals surface area contributed by atoms with E-state index in [1.807, 2.05) is 0 Å². The van der Waals surface area contributed by atoms with Crippen LogP contribution in [-0.2, 0) is 43.3 Å². The second-order valence-electron chi connectivity index (χ2n) is 0.408.